The van der Waals surface area contributed by atoms with Gasteiger partial charge in [0.1, 0.15) is 17.7 Å². The van der Waals surface area contributed by atoms with Gasteiger partial charge in [-0.15, -0.1) is 0 Å². The maximum Gasteiger partial charge on any atom is 0.344 e. The molecule has 0 bridgehead atoms. The van der Waals surface area contributed by atoms with Gasteiger partial charge in [0.25, 0.3) is 10.0 Å². The lowest BCUT2D eigenvalue weighted by atomic mass is 10.1. The minimum absolute atomic E-state index is 0.0329. The maximum atomic E-state index is 13.5. The Morgan fingerprint density at radius 1 is 1.02 bits per heavy atom. The summed E-state index contributed by atoms with van der Waals surface area (Å²) in [6, 6.07) is 17.6. The summed E-state index contributed by atoms with van der Waals surface area (Å²) in [5.41, 5.74) is 2.89. The Morgan fingerprint density at radius 2 is 1.75 bits per heavy atom. The minimum Gasteiger partial charge on any atom is -0.462 e. The van der Waals surface area contributed by atoms with E-state index in [1.165, 1.54) is 12.1 Å². The predicted octanol–water partition coefficient (Wildman–Crippen LogP) is 5.63. The van der Waals surface area contributed by atoms with E-state index in [4.69, 9.17) is 9.72 Å². The molecule has 1 N–H and O–H groups in total. The molecule has 3 aromatic carbocycles. The smallest absolute Gasteiger partial charge is 0.344 e. The monoisotopic (exact) mass is 678 g/mol. The normalized spacial score (nSPS) is 13.7. The molecular weight excluding hydrogens is 651 g/mol. The van der Waals surface area contributed by atoms with Crippen molar-refractivity contribution in [1.29, 1.82) is 0 Å². The van der Waals surface area contributed by atoms with Gasteiger partial charge in [-0.2, -0.15) is 0 Å². The van der Waals surface area contributed by atoms with Crippen LogP contribution in [0.4, 0.5) is 21.5 Å². The van der Waals surface area contributed by atoms with Gasteiger partial charge < -0.3 is 14.5 Å². The SMILES string of the molecule is CCOC(=O)c1c(-n2ccnc2)nc2ccc(Br)cc2c1N1CCN(c2ccccc2NS(=O)(=O)c2ccc(F)cc2)CC1. The summed E-state index contributed by atoms with van der Waals surface area (Å²) in [5.74, 6) is -0.572. The number of para-hydroxylation sites is 2. The second-order valence-electron chi connectivity index (χ2n) is 10.1. The molecule has 2 aromatic heterocycles. The number of carbonyl (C=O) groups is 1. The number of esters is 1. The molecule has 6 rings (SSSR count). The molecule has 226 valence electrons. The van der Waals surface area contributed by atoms with E-state index in [1.807, 2.05) is 30.3 Å². The number of hydrogen-bond acceptors (Lipinski definition) is 8. The summed E-state index contributed by atoms with van der Waals surface area (Å²) in [7, 11) is -3.94. The van der Waals surface area contributed by atoms with Crippen LogP contribution < -0.4 is 14.5 Å². The van der Waals surface area contributed by atoms with Crippen molar-refractivity contribution in [3.63, 3.8) is 0 Å². The number of nitrogens with zero attached hydrogens (tertiary/aromatic N) is 5. The zero-order chi connectivity index (χ0) is 30.8. The van der Waals surface area contributed by atoms with Crippen molar-refractivity contribution in [2.75, 3.05) is 47.3 Å². The fourth-order valence-corrected chi connectivity index (χ4v) is 6.76. The van der Waals surface area contributed by atoms with E-state index in [9.17, 15) is 17.6 Å². The first-order chi connectivity index (χ1) is 21.2. The van der Waals surface area contributed by atoms with Crippen molar-refractivity contribution in [2.24, 2.45) is 0 Å². The van der Waals surface area contributed by atoms with Crippen LogP contribution in [0.15, 0.2) is 94.8 Å². The van der Waals surface area contributed by atoms with Crippen LogP contribution in [-0.2, 0) is 14.8 Å². The Hall–Kier alpha value is -4.49. The molecule has 0 radical (unpaired) electrons. The fourth-order valence-electron chi connectivity index (χ4n) is 5.32. The van der Waals surface area contributed by atoms with Crippen LogP contribution in [0.1, 0.15) is 17.3 Å². The number of anilines is 3. The van der Waals surface area contributed by atoms with Crippen LogP contribution in [0.25, 0.3) is 16.7 Å². The molecule has 0 spiro atoms. The first kappa shape index (κ1) is 29.6. The molecule has 13 heteroatoms. The maximum absolute atomic E-state index is 13.5. The predicted molar refractivity (Wildman–Crippen MR) is 171 cm³/mol. The third kappa shape index (κ3) is 5.84. The van der Waals surface area contributed by atoms with Crippen molar-refractivity contribution in [3.05, 3.63) is 101 Å². The Bertz CT molecular complexity index is 1930. The molecule has 1 saturated heterocycles. The molecule has 0 amide bonds. The summed E-state index contributed by atoms with van der Waals surface area (Å²) in [6.07, 6.45) is 4.96. The zero-order valence-corrected chi connectivity index (χ0v) is 26.1. The van der Waals surface area contributed by atoms with Crippen molar-refractivity contribution in [2.45, 2.75) is 11.8 Å². The highest BCUT2D eigenvalue weighted by molar-refractivity contribution is 9.10. The largest absolute Gasteiger partial charge is 0.462 e. The van der Waals surface area contributed by atoms with Crippen molar-refractivity contribution < 1.29 is 22.3 Å². The molecule has 3 heterocycles. The van der Waals surface area contributed by atoms with Crippen LogP contribution in [0, 0.1) is 5.82 Å². The van der Waals surface area contributed by atoms with Gasteiger partial charge in [-0.05, 0) is 61.5 Å². The number of rotatable bonds is 8. The lowest BCUT2D eigenvalue weighted by Crippen LogP contribution is -2.47. The second-order valence-corrected chi connectivity index (χ2v) is 12.7. The van der Waals surface area contributed by atoms with Gasteiger partial charge in [-0.25, -0.2) is 27.6 Å². The molecular formula is C31H28BrFN6O4S. The average Bonchev–Trinajstić information content (AvgIpc) is 3.56. The van der Waals surface area contributed by atoms with Crippen molar-refractivity contribution >= 4 is 59.9 Å². The van der Waals surface area contributed by atoms with Crippen LogP contribution in [0.3, 0.4) is 0 Å². The first-order valence-corrected chi connectivity index (χ1v) is 16.2. The number of ether oxygens (including phenoxy) is 1. The lowest BCUT2D eigenvalue weighted by Gasteiger charge is -2.39. The number of benzene rings is 3. The van der Waals surface area contributed by atoms with Crippen molar-refractivity contribution in [3.8, 4) is 5.82 Å². The van der Waals surface area contributed by atoms with Crippen molar-refractivity contribution in [1.82, 2.24) is 14.5 Å². The molecule has 1 fully saturated rings. The quantitative estimate of drug-likeness (QED) is 0.211. The zero-order valence-electron chi connectivity index (χ0n) is 23.7. The standard InChI is InChI=1S/C31H28BrFN6O4S/c1-2-43-31(40)28-29(24-19-21(32)7-12-25(24)35-30(28)39-14-13-34-20-39)38-17-15-37(16-18-38)27-6-4-3-5-26(27)36-44(41,42)23-10-8-22(33)9-11-23/h3-14,19-20,36H,2,15-18H2,1H3. The van der Waals surface area contributed by atoms with Gasteiger partial charge in [0.15, 0.2) is 5.82 Å². The highest BCUT2D eigenvalue weighted by atomic mass is 79.9. The van der Waals surface area contributed by atoms with Crippen LogP contribution >= 0.6 is 15.9 Å². The molecule has 0 unspecified atom stereocenters. The van der Waals surface area contributed by atoms with E-state index in [1.54, 1.807) is 42.3 Å². The van der Waals surface area contributed by atoms with Gasteiger partial charge in [0, 0.05) is 48.4 Å². The molecule has 44 heavy (non-hydrogen) atoms. The second kappa shape index (κ2) is 12.2. The molecule has 10 nitrogen and oxygen atoms in total. The van der Waals surface area contributed by atoms with Crippen LogP contribution in [0.5, 0.6) is 0 Å². The molecule has 0 saturated carbocycles. The van der Waals surface area contributed by atoms with E-state index >= 15 is 0 Å². The number of aromatic nitrogens is 3. The Kier molecular flexibility index (Phi) is 8.23. The number of carbonyl (C=O) groups excluding carboxylic acids is 1. The highest BCUT2D eigenvalue weighted by Gasteiger charge is 2.30. The van der Waals surface area contributed by atoms with E-state index in [0.717, 1.165) is 22.0 Å². The molecule has 1 aliphatic rings. The highest BCUT2D eigenvalue weighted by Crippen LogP contribution is 2.37. The lowest BCUT2D eigenvalue weighted by molar-refractivity contribution is 0.0526. The van der Waals surface area contributed by atoms with E-state index in [2.05, 4.69) is 35.4 Å². The minimum atomic E-state index is -3.94. The molecule has 0 aliphatic carbocycles. The third-order valence-corrected chi connectivity index (χ3v) is 9.21. The average molecular weight is 680 g/mol. The third-order valence-electron chi connectivity index (χ3n) is 7.34. The summed E-state index contributed by atoms with van der Waals surface area (Å²) >= 11 is 3.57. The summed E-state index contributed by atoms with van der Waals surface area (Å²) in [4.78, 5) is 26.7. The van der Waals surface area contributed by atoms with Gasteiger partial charge in [-0.3, -0.25) is 9.29 Å². The number of nitrogens with one attached hydrogen (secondary N) is 1. The number of piperazine rings is 1. The topological polar surface area (TPSA) is 110 Å². The molecule has 1 aliphatic heterocycles. The Balaban J connectivity index is 1.34. The number of sulfonamides is 1. The number of imidazole rings is 1. The fraction of sp³-hybridized carbons (Fsp3) is 0.194. The number of fused-ring (bicyclic) bond motifs is 1. The molecule has 5 aromatic rings. The first-order valence-electron chi connectivity index (χ1n) is 13.9. The van der Waals surface area contributed by atoms with Gasteiger partial charge in [0.2, 0.25) is 0 Å². The summed E-state index contributed by atoms with van der Waals surface area (Å²) in [6.45, 7) is 4.10. The van der Waals surface area contributed by atoms with Crippen LogP contribution in [0.2, 0.25) is 0 Å². The van der Waals surface area contributed by atoms with E-state index < -0.39 is 21.8 Å². The van der Waals surface area contributed by atoms with Gasteiger partial charge in [-0.1, -0.05) is 28.1 Å². The Labute approximate surface area is 262 Å². The summed E-state index contributed by atoms with van der Waals surface area (Å²) < 4.78 is 50.4. The number of hydrogen-bond donors (Lipinski definition) is 1. The number of pyridine rings is 1. The van der Waals surface area contributed by atoms with Crippen LogP contribution in [-0.4, -0.2) is 61.7 Å². The summed E-state index contributed by atoms with van der Waals surface area (Å²) in [5, 5.41) is 0.798. The Morgan fingerprint density at radius 3 is 2.45 bits per heavy atom. The van der Waals surface area contributed by atoms with Gasteiger partial charge >= 0.3 is 5.97 Å². The van der Waals surface area contributed by atoms with E-state index in [0.29, 0.717) is 60.1 Å². The number of halogens is 2. The van der Waals surface area contributed by atoms with Gasteiger partial charge in [0.05, 0.1) is 34.1 Å². The molecule has 0 atom stereocenters. The van der Waals surface area contributed by atoms with E-state index in [-0.39, 0.29) is 11.5 Å².